The van der Waals surface area contributed by atoms with Crippen molar-refractivity contribution < 1.29 is 29.7 Å². The van der Waals surface area contributed by atoms with Gasteiger partial charge < -0.3 is 15.3 Å². The van der Waals surface area contributed by atoms with Crippen LogP contribution in [0.5, 0.6) is 0 Å². The van der Waals surface area contributed by atoms with Crippen molar-refractivity contribution in [2.45, 2.75) is 147 Å². The van der Waals surface area contributed by atoms with Crippen molar-refractivity contribution in [3.63, 3.8) is 0 Å². The lowest BCUT2D eigenvalue weighted by Crippen LogP contribution is -2.06. The fourth-order valence-electron chi connectivity index (χ4n) is 13.2. The highest BCUT2D eigenvalue weighted by Gasteiger charge is 2.16. The Balaban J connectivity index is 0.000000182. The molecule has 0 heterocycles. The molecule has 0 amide bonds. The molecule has 3 atom stereocenters. The van der Waals surface area contributed by atoms with Gasteiger partial charge in [0.1, 0.15) is 0 Å². The number of rotatable bonds is 45. The molecule has 0 spiro atoms. The normalized spacial score (nSPS) is 12.1. The van der Waals surface area contributed by atoms with Crippen molar-refractivity contribution in [2.75, 3.05) is 17.3 Å². The SMILES string of the molecule is O=C(O)CCCCC(CCSCc1ccc(-c2ccccc2)cc1)SCc1ccc(-c2ccccc2)cc1.O=C(O)CCCCC(CCSCc1ccc(/C=C/c2ccccc2)cc1)SCc1ccc(/C=C/c2ccccc2)cc1.O=C(O)CCCCC(CCSCc1ccc2ccccc2c1)SCc1ccc2ccccc2c1. The van der Waals surface area contributed by atoms with E-state index >= 15 is 0 Å². The summed E-state index contributed by atoms with van der Waals surface area (Å²) in [7, 11) is 0. The van der Waals surface area contributed by atoms with E-state index in [4.69, 9.17) is 15.3 Å². The summed E-state index contributed by atoms with van der Waals surface area (Å²) in [4.78, 5) is 32.8. The standard InChI is InChI=1S/C38H40O2S2.C34H36O2S2.C30H32O2S2/c39-38(40)14-8-7-13-37(42-30-36-25-21-34(22-26-36)18-16-32-11-5-2-6-12-32)27-28-41-29-35-23-19-33(20-24-35)17-15-31-9-3-1-4-10-31;35-34(36)14-8-7-13-33(38-26-28-17-21-32(22-18-28)30-11-5-2-6-12-30)23-24-37-25-27-15-19-31(20-16-27)29-9-3-1-4-10-29;31-30(32)12-6-5-11-29(34-22-24-14-16-26-8-2-4-10-28(26)20-24)17-18-33-21-23-13-15-25-7-1-3-9-27(25)19-23/h1-6,9-12,15-26,37H,7-8,13-14,27-30H2,(H,39,40);1-6,9-12,15-22,33H,7-8,13-14,23-26H2,(H,35,36);1-4,7-10,13-16,19-20,29H,5-6,11-12,17-18,21-22H2,(H,31,32)/b17-15+,18-16+;;. The molecule has 0 aliphatic rings. The van der Waals surface area contributed by atoms with Gasteiger partial charge in [-0.15, -0.1) is 0 Å². The second kappa shape index (κ2) is 51.2. The average molecular weight is 1620 g/mol. The monoisotopic (exact) mass is 1620 g/mol. The molecule has 3 unspecified atom stereocenters. The van der Waals surface area contributed by atoms with E-state index in [0.29, 0.717) is 15.7 Å². The van der Waals surface area contributed by atoms with Crippen LogP contribution in [0.15, 0.2) is 303 Å². The Labute approximate surface area is 703 Å². The number of unbranched alkanes of at least 4 members (excludes halogenated alkanes) is 3. The average Bonchev–Trinajstić information content (AvgIpc) is 0.868. The predicted molar refractivity (Wildman–Crippen MR) is 501 cm³/mol. The van der Waals surface area contributed by atoms with Crippen LogP contribution in [0.1, 0.15) is 152 Å². The maximum absolute atomic E-state index is 11.0. The molecular formula is C102H108O6S6. The number of carboxylic acid groups (broad SMARTS) is 3. The van der Waals surface area contributed by atoms with Crippen molar-refractivity contribution in [3.8, 4) is 22.3 Å². The van der Waals surface area contributed by atoms with Gasteiger partial charge in [0, 0.05) is 69.5 Å². The van der Waals surface area contributed by atoms with Crippen LogP contribution < -0.4 is 0 Å². The Morgan fingerprint density at radius 2 is 0.500 bits per heavy atom. The molecule has 3 N–H and O–H groups in total. The van der Waals surface area contributed by atoms with Crippen molar-refractivity contribution in [2.24, 2.45) is 0 Å². The van der Waals surface area contributed by atoms with Gasteiger partial charge in [0.2, 0.25) is 0 Å². The number of carboxylic acids is 3. The van der Waals surface area contributed by atoms with Gasteiger partial charge in [-0.3, -0.25) is 14.4 Å². The third kappa shape index (κ3) is 33.9. The lowest BCUT2D eigenvalue weighted by Gasteiger charge is -2.17. The maximum atomic E-state index is 11.0. The lowest BCUT2D eigenvalue weighted by molar-refractivity contribution is -0.138. The second-order valence-corrected chi connectivity index (χ2v) is 35.9. The number of fused-ring (bicyclic) bond motifs is 2. The maximum Gasteiger partial charge on any atom is 0.303 e. The summed E-state index contributed by atoms with van der Waals surface area (Å²) in [5.41, 5.74) is 18.0. The van der Waals surface area contributed by atoms with Gasteiger partial charge in [0.05, 0.1) is 0 Å². The summed E-state index contributed by atoms with van der Waals surface area (Å²) < 4.78 is 0. The topological polar surface area (TPSA) is 112 Å². The summed E-state index contributed by atoms with van der Waals surface area (Å²) in [6, 6.07) is 108. The van der Waals surface area contributed by atoms with Crippen LogP contribution in [-0.2, 0) is 48.9 Å². The molecule has 0 aromatic heterocycles. The molecule has 0 aliphatic carbocycles. The number of hydrogen-bond donors (Lipinski definition) is 3. The first-order valence-electron chi connectivity index (χ1n) is 40.1. The highest BCUT2D eigenvalue weighted by atomic mass is 32.2. The fourth-order valence-corrected chi connectivity index (χ4v) is 20.4. The van der Waals surface area contributed by atoms with Crippen molar-refractivity contribution >= 4 is 134 Å². The molecule has 0 fully saturated rings. The number of thioether (sulfide) groups is 6. The van der Waals surface area contributed by atoms with Crippen LogP contribution in [0.4, 0.5) is 0 Å². The number of carbonyl (C=O) groups is 3. The minimum Gasteiger partial charge on any atom is -0.481 e. The highest BCUT2D eigenvalue weighted by Crippen LogP contribution is 2.34. The molecule has 12 aromatic carbocycles. The summed E-state index contributed by atoms with van der Waals surface area (Å²) in [6.45, 7) is 0. The zero-order valence-electron chi connectivity index (χ0n) is 65.4. The van der Waals surface area contributed by atoms with Gasteiger partial charge in [-0.1, -0.05) is 347 Å². The van der Waals surface area contributed by atoms with E-state index in [9.17, 15) is 14.4 Å². The van der Waals surface area contributed by atoms with Crippen LogP contribution in [0.25, 0.3) is 68.1 Å². The molecule has 0 aliphatic heterocycles. The summed E-state index contributed by atoms with van der Waals surface area (Å²) >= 11 is 12.1. The molecule has 12 rings (SSSR count). The van der Waals surface area contributed by atoms with Crippen LogP contribution in [0, 0.1) is 0 Å². The third-order valence-corrected chi connectivity index (χ3v) is 27.3. The second-order valence-electron chi connectivity index (χ2n) is 28.7. The molecule has 6 nitrogen and oxygen atoms in total. The van der Waals surface area contributed by atoms with E-state index in [-0.39, 0.29) is 19.3 Å². The van der Waals surface area contributed by atoms with Crippen LogP contribution in [-0.4, -0.2) is 66.2 Å². The predicted octanol–water partition coefficient (Wildman–Crippen LogP) is 28.8. The van der Waals surface area contributed by atoms with Gasteiger partial charge in [0.25, 0.3) is 0 Å². The number of benzene rings is 12. The van der Waals surface area contributed by atoms with E-state index in [1.165, 1.54) is 99.4 Å². The van der Waals surface area contributed by atoms with Crippen molar-refractivity contribution in [1.29, 1.82) is 0 Å². The quantitative estimate of drug-likeness (QED) is 0.0250. The van der Waals surface area contributed by atoms with Crippen molar-refractivity contribution in [1.82, 2.24) is 0 Å². The lowest BCUT2D eigenvalue weighted by atomic mass is 10.0. The Hall–Kier alpha value is -8.85. The Morgan fingerprint density at radius 1 is 0.246 bits per heavy atom. The molecule has 0 radical (unpaired) electrons. The van der Waals surface area contributed by atoms with Crippen LogP contribution in [0.2, 0.25) is 0 Å². The smallest absolute Gasteiger partial charge is 0.303 e. The van der Waals surface area contributed by atoms with Crippen molar-refractivity contribution in [3.05, 3.63) is 359 Å². The minimum atomic E-state index is -0.697. The minimum absolute atomic E-state index is 0.265. The summed E-state index contributed by atoms with van der Waals surface area (Å²) in [6.07, 6.45) is 21.3. The fraction of sp³-hybridized carbons (Fsp3) is 0.265. The first kappa shape index (κ1) is 87.5. The molecule has 588 valence electrons. The third-order valence-electron chi connectivity index (χ3n) is 19.8. The first-order chi connectivity index (χ1) is 56.0. The van der Waals surface area contributed by atoms with Gasteiger partial charge >= 0.3 is 17.9 Å². The molecule has 12 heteroatoms. The zero-order valence-corrected chi connectivity index (χ0v) is 70.3. The molecule has 0 saturated heterocycles. The van der Waals surface area contributed by atoms with E-state index in [1.54, 1.807) is 0 Å². The molecular weight excluding hydrogens is 1510 g/mol. The number of hydrogen-bond acceptors (Lipinski definition) is 9. The molecule has 0 saturated carbocycles. The van der Waals surface area contributed by atoms with E-state index < -0.39 is 17.9 Å². The van der Waals surface area contributed by atoms with Gasteiger partial charge in [0.15, 0.2) is 0 Å². The summed E-state index contributed by atoms with van der Waals surface area (Å²) in [5.74, 6) is 7.31. The molecule has 114 heavy (non-hydrogen) atoms. The summed E-state index contributed by atoms with van der Waals surface area (Å²) in [5, 5.41) is 33.8. The van der Waals surface area contributed by atoms with Gasteiger partial charge in [-0.2, -0.15) is 70.6 Å². The first-order valence-corrected chi connectivity index (χ1v) is 46.7. The van der Waals surface area contributed by atoms with E-state index in [2.05, 4.69) is 303 Å². The zero-order chi connectivity index (χ0) is 79.3. The Morgan fingerprint density at radius 3 is 0.842 bits per heavy atom. The van der Waals surface area contributed by atoms with E-state index in [1.807, 2.05) is 94.8 Å². The van der Waals surface area contributed by atoms with Gasteiger partial charge in [-0.25, -0.2) is 0 Å². The Bertz CT molecular complexity index is 4790. The highest BCUT2D eigenvalue weighted by molar-refractivity contribution is 8.00. The number of aliphatic carboxylic acids is 3. The molecule has 0 bridgehead atoms. The Kier molecular flexibility index (Phi) is 39.3. The van der Waals surface area contributed by atoms with Crippen LogP contribution in [0.3, 0.4) is 0 Å². The van der Waals surface area contributed by atoms with E-state index in [0.717, 1.165) is 129 Å². The molecule has 12 aromatic rings. The van der Waals surface area contributed by atoms with Crippen LogP contribution >= 0.6 is 70.6 Å². The largest absolute Gasteiger partial charge is 0.481 e. The van der Waals surface area contributed by atoms with Gasteiger partial charge in [-0.05, 0) is 174 Å².